The first-order valence-electron chi connectivity index (χ1n) is 11.9. The Morgan fingerprint density at radius 2 is 1.03 bits per heavy atom. The van der Waals surface area contributed by atoms with E-state index in [0.717, 1.165) is 16.7 Å². The van der Waals surface area contributed by atoms with Crippen LogP contribution in [0.1, 0.15) is 112 Å². The molecular weight excluding hydrogens is 388 g/mol. The van der Waals surface area contributed by atoms with Crippen LogP contribution in [0.2, 0.25) is 0 Å². The number of benzene rings is 2. The van der Waals surface area contributed by atoms with Gasteiger partial charge in [0, 0.05) is 5.57 Å². The Balaban J connectivity index is 2.46. The van der Waals surface area contributed by atoms with Gasteiger partial charge in [-0.1, -0.05) is 97.9 Å². The molecule has 0 heterocycles. The van der Waals surface area contributed by atoms with E-state index in [9.17, 15) is 0 Å². The topological polar surface area (TPSA) is 47.7 Å². The third kappa shape index (κ3) is 4.28. The van der Waals surface area contributed by atoms with Crippen molar-refractivity contribution in [3.63, 3.8) is 0 Å². The van der Waals surface area contributed by atoms with Crippen molar-refractivity contribution in [1.82, 2.24) is 0 Å². The molecule has 0 atom stereocenters. The molecular formula is C30H38N2. The SMILES string of the molecule is CC(C)c1cccc(C2=C(c3cccc(C(C)C)c3C(C)C)C(=N)C(=N)C=C2)c1C(C)C. The van der Waals surface area contributed by atoms with Crippen molar-refractivity contribution in [2.24, 2.45) is 0 Å². The van der Waals surface area contributed by atoms with E-state index in [1.54, 1.807) is 6.08 Å². The highest BCUT2D eigenvalue weighted by Gasteiger charge is 2.27. The molecule has 0 saturated heterocycles. The molecule has 1 aliphatic rings. The summed E-state index contributed by atoms with van der Waals surface area (Å²) in [7, 11) is 0. The van der Waals surface area contributed by atoms with Gasteiger partial charge in [-0.15, -0.1) is 0 Å². The minimum Gasteiger partial charge on any atom is -0.299 e. The summed E-state index contributed by atoms with van der Waals surface area (Å²) in [5.41, 5.74) is 10.2. The van der Waals surface area contributed by atoms with Gasteiger partial charge >= 0.3 is 0 Å². The highest BCUT2D eigenvalue weighted by atomic mass is 14.5. The standard InChI is InChI=1S/C30H38N2/c1-17(2)21-11-9-13-23(27(21)19(5)6)24-15-16-26(31)30(32)29(24)25-14-10-12-22(18(3)4)28(25)20(7)8/h9-20,31-32H,1-8H3. The summed E-state index contributed by atoms with van der Waals surface area (Å²) in [5.74, 6) is 1.53. The van der Waals surface area contributed by atoms with Crippen molar-refractivity contribution in [3.05, 3.63) is 81.9 Å². The highest BCUT2D eigenvalue weighted by molar-refractivity contribution is 6.62. The van der Waals surface area contributed by atoms with Crippen LogP contribution in [0, 0.1) is 10.8 Å². The van der Waals surface area contributed by atoms with E-state index in [1.807, 2.05) is 0 Å². The maximum absolute atomic E-state index is 8.97. The Morgan fingerprint density at radius 3 is 1.50 bits per heavy atom. The summed E-state index contributed by atoms with van der Waals surface area (Å²) in [6, 6.07) is 13.1. The smallest absolute Gasteiger partial charge is 0.0873 e. The lowest BCUT2D eigenvalue weighted by molar-refractivity contribution is 0.786. The molecule has 0 saturated carbocycles. The quantitative estimate of drug-likeness (QED) is 0.434. The van der Waals surface area contributed by atoms with Gasteiger partial charge < -0.3 is 0 Å². The summed E-state index contributed by atoms with van der Waals surface area (Å²) < 4.78 is 0. The van der Waals surface area contributed by atoms with Gasteiger partial charge in [0.05, 0.1) is 11.4 Å². The van der Waals surface area contributed by atoms with Crippen LogP contribution in [0.15, 0.2) is 48.6 Å². The number of allylic oxidation sites excluding steroid dienone is 4. The van der Waals surface area contributed by atoms with Gasteiger partial charge in [0.2, 0.25) is 0 Å². The summed E-state index contributed by atoms with van der Waals surface area (Å²) >= 11 is 0. The number of hydrogen-bond acceptors (Lipinski definition) is 2. The van der Waals surface area contributed by atoms with Gasteiger partial charge in [-0.25, -0.2) is 0 Å². The molecule has 2 aromatic rings. The third-order valence-corrected chi connectivity index (χ3v) is 6.44. The van der Waals surface area contributed by atoms with Gasteiger partial charge in [0.15, 0.2) is 0 Å². The molecule has 0 bridgehead atoms. The molecule has 2 N–H and O–H groups in total. The second kappa shape index (κ2) is 9.40. The van der Waals surface area contributed by atoms with E-state index >= 15 is 0 Å². The molecule has 0 aromatic heterocycles. The summed E-state index contributed by atoms with van der Waals surface area (Å²) in [6.45, 7) is 17.9. The van der Waals surface area contributed by atoms with Crippen LogP contribution in [0.4, 0.5) is 0 Å². The molecule has 0 aliphatic heterocycles. The maximum atomic E-state index is 8.97. The number of nitrogens with one attached hydrogen (secondary N) is 2. The first-order valence-corrected chi connectivity index (χ1v) is 11.9. The summed E-state index contributed by atoms with van der Waals surface area (Å²) in [5, 5.41) is 17.4. The van der Waals surface area contributed by atoms with Crippen LogP contribution in [0.3, 0.4) is 0 Å². The van der Waals surface area contributed by atoms with Gasteiger partial charge in [0.25, 0.3) is 0 Å². The number of hydrogen-bond donors (Lipinski definition) is 2. The van der Waals surface area contributed by atoms with Gasteiger partial charge in [-0.05, 0) is 68.7 Å². The van der Waals surface area contributed by atoms with Crippen molar-refractivity contribution in [2.45, 2.75) is 79.1 Å². The van der Waals surface area contributed by atoms with E-state index in [-0.39, 0.29) is 5.71 Å². The lowest BCUT2D eigenvalue weighted by Gasteiger charge is -2.27. The molecule has 0 spiro atoms. The number of rotatable bonds is 6. The van der Waals surface area contributed by atoms with E-state index < -0.39 is 0 Å². The molecule has 2 nitrogen and oxygen atoms in total. The average Bonchev–Trinajstić information content (AvgIpc) is 2.74. The predicted molar refractivity (Wildman–Crippen MR) is 141 cm³/mol. The van der Waals surface area contributed by atoms with E-state index in [4.69, 9.17) is 10.8 Å². The van der Waals surface area contributed by atoms with Gasteiger partial charge in [0.1, 0.15) is 0 Å². The van der Waals surface area contributed by atoms with Crippen molar-refractivity contribution < 1.29 is 0 Å². The van der Waals surface area contributed by atoms with Crippen molar-refractivity contribution in [3.8, 4) is 0 Å². The van der Waals surface area contributed by atoms with Gasteiger partial charge in [-0.3, -0.25) is 10.8 Å². The van der Waals surface area contributed by atoms with Crippen LogP contribution in [0.25, 0.3) is 11.1 Å². The van der Waals surface area contributed by atoms with E-state index in [1.165, 1.54) is 27.8 Å². The molecule has 2 heteroatoms. The second-order valence-corrected chi connectivity index (χ2v) is 10.1. The third-order valence-electron chi connectivity index (χ3n) is 6.44. The minimum absolute atomic E-state index is 0.277. The molecule has 0 amide bonds. The van der Waals surface area contributed by atoms with Crippen LogP contribution in [0.5, 0.6) is 0 Å². The Hall–Kier alpha value is -2.74. The highest BCUT2D eigenvalue weighted by Crippen LogP contribution is 2.41. The van der Waals surface area contributed by atoms with E-state index in [0.29, 0.717) is 29.4 Å². The molecule has 32 heavy (non-hydrogen) atoms. The molecule has 0 radical (unpaired) electrons. The monoisotopic (exact) mass is 426 g/mol. The molecule has 2 aromatic carbocycles. The normalized spacial score (nSPS) is 14.6. The Bertz CT molecular complexity index is 1110. The first-order chi connectivity index (χ1) is 15.1. The Labute approximate surface area is 194 Å². The predicted octanol–water partition coefficient (Wildman–Crippen LogP) is 8.70. The fourth-order valence-electron chi connectivity index (χ4n) is 5.02. The molecule has 3 rings (SSSR count). The maximum Gasteiger partial charge on any atom is 0.0873 e. The van der Waals surface area contributed by atoms with Gasteiger partial charge in [-0.2, -0.15) is 0 Å². The van der Waals surface area contributed by atoms with Crippen LogP contribution in [-0.4, -0.2) is 11.4 Å². The average molecular weight is 427 g/mol. The van der Waals surface area contributed by atoms with E-state index in [2.05, 4.69) is 97.9 Å². The zero-order chi connectivity index (χ0) is 23.7. The molecule has 0 fully saturated rings. The second-order valence-electron chi connectivity index (χ2n) is 10.1. The zero-order valence-electron chi connectivity index (χ0n) is 20.9. The van der Waals surface area contributed by atoms with Crippen molar-refractivity contribution >= 4 is 22.6 Å². The van der Waals surface area contributed by atoms with Crippen molar-refractivity contribution in [2.75, 3.05) is 0 Å². The van der Waals surface area contributed by atoms with Crippen LogP contribution >= 0.6 is 0 Å². The Kier molecular flexibility index (Phi) is 7.03. The zero-order valence-corrected chi connectivity index (χ0v) is 20.9. The largest absolute Gasteiger partial charge is 0.299 e. The molecule has 168 valence electrons. The first kappa shape index (κ1) is 23.9. The minimum atomic E-state index is 0.277. The lowest BCUT2D eigenvalue weighted by atomic mass is 9.76. The van der Waals surface area contributed by atoms with Crippen molar-refractivity contribution in [1.29, 1.82) is 10.8 Å². The molecule has 0 unspecified atom stereocenters. The lowest BCUT2D eigenvalue weighted by Crippen LogP contribution is -2.19. The summed E-state index contributed by atoms with van der Waals surface area (Å²) in [4.78, 5) is 0. The Morgan fingerprint density at radius 1 is 0.562 bits per heavy atom. The van der Waals surface area contributed by atoms with Crippen LogP contribution < -0.4 is 0 Å². The van der Waals surface area contributed by atoms with Crippen LogP contribution in [-0.2, 0) is 0 Å². The molecule has 1 aliphatic carbocycles. The fraction of sp³-hybridized carbons (Fsp3) is 0.400. The summed E-state index contributed by atoms with van der Waals surface area (Å²) in [6.07, 6.45) is 3.85. The fourth-order valence-corrected chi connectivity index (χ4v) is 5.02.